The highest BCUT2D eigenvalue weighted by Gasteiger charge is 2.15. The van der Waals surface area contributed by atoms with Gasteiger partial charge < -0.3 is 14.7 Å². The molecule has 0 aliphatic carbocycles. The molecule has 1 heterocycles. The van der Waals surface area contributed by atoms with Crippen LogP contribution in [0.2, 0.25) is 0 Å². The van der Waals surface area contributed by atoms with E-state index in [9.17, 15) is 5.11 Å². The summed E-state index contributed by atoms with van der Waals surface area (Å²) < 4.78 is 5.51. The summed E-state index contributed by atoms with van der Waals surface area (Å²) in [4.78, 5) is 2.03. The van der Waals surface area contributed by atoms with Crippen molar-refractivity contribution in [2.45, 2.75) is 12.5 Å². The fourth-order valence-corrected chi connectivity index (χ4v) is 2.66. The molecule has 0 amide bonds. The molecule has 22 heavy (non-hydrogen) atoms. The van der Waals surface area contributed by atoms with Crippen molar-refractivity contribution in [2.24, 2.45) is 0 Å². The van der Waals surface area contributed by atoms with E-state index in [4.69, 9.17) is 10.00 Å². The third-order valence-electron chi connectivity index (χ3n) is 3.99. The van der Waals surface area contributed by atoms with E-state index in [0.29, 0.717) is 12.1 Å². The molecule has 2 aromatic carbocycles. The molecule has 112 valence electrons. The van der Waals surface area contributed by atoms with Gasteiger partial charge in [0.05, 0.1) is 24.3 Å². The summed E-state index contributed by atoms with van der Waals surface area (Å²) in [5, 5.41) is 19.2. The molecule has 3 rings (SSSR count). The summed E-state index contributed by atoms with van der Waals surface area (Å²) in [5.74, 6) is 0.963. The maximum Gasteiger partial charge on any atom is 0.122 e. The molecule has 1 aliphatic rings. The smallest absolute Gasteiger partial charge is 0.122 e. The van der Waals surface area contributed by atoms with E-state index < -0.39 is 6.10 Å². The van der Waals surface area contributed by atoms with Gasteiger partial charge in [-0.05, 0) is 41.5 Å². The molecule has 1 atom stereocenters. The molecule has 1 unspecified atom stereocenters. The third kappa shape index (κ3) is 2.90. The number of fused-ring (bicyclic) bond motifs is 1. The Labute approximate surface area is 130 Å². The molecule has 4 heteroatoms. The third-order valence-corrected chi connectivity index (χ3v) is 3.99. The Bertz CT molecular complexity index is 704. The van der Waals surface area contributed by atoms with E-state index in [-0.39, 0.29) is 0 Å². The SMILES string of the molecule is CN(CC(O)c1ccc(C#N)cc1)c1ccc2c(c1)CCO2. The Balaban J connectivity index is 1.70. The largest absolute Gasteiger partial charge is 0.493 e. The molecule has 0 fully saturated rings. The fraction of sp³-hybridized carbons (Fsp3) is 0.278. The van der Waals surface area contributed by atoms with Crippen molar-refractivity contribution in [2.75, 3.05) is 25.1 Å². The number of likely N-dealkylation sites (N-methyl/N-ethyl adjacent to an activating group) is 1. The Hall–Kier alpha value is -2.51. The zero-order chi connectivity index (χ0) is 15.5. The van der Waals surface area contributed by atoms with Gasteiger partial charge in [-0.2, -0.15) is 5.26 Å². The molecule has 0 radical (unpaired) electrons. The van der Waals surface area contributed by atoms with E-state index in [1.165, 1.54) is 5.56 Å². The second kappa shape index (κ2) is 6.08. The summed E-state index contributed by atoms with van der Waals surface area (Å²) in [6, 6.07) is 15.2. The van der Waals surface area contributed by atoms with Crippen LogP contribution in [0.3, 0.4) is 0 Å². The zero-order valence-electron chi connectivity index (χ0n) is 12.5. The lowest BCUT2D eigenvalue weighted by molar-refractivity contribution is 0.185. The summed E-state index contributed by atoms with van der Waals surface area (Å²) in [7, 11) is 1.96. The average molecular weight is 294 g/mol. The van der Waals surface area contributed by atoms with E-state index in [0.717, 1.165) is 30.0 Å². The summed E-state index contributed by atoms with van der Waals surface area (Å²) in [6.45, 7) is 1.24. The predicted molar refractivity (Wildman–Crippen MR) is 85.0 cm³/mol. The topological polar surface area (TPSA) is 56.5 Å². The van der Waals surface area contributed by atoms with Crippen molar-refractivity contribution in [3.63, 3.8) is 0 Å². The minimum atomic E-state index is -0.595. The van der Waals surface area contributed by atoms with E-state index in [2.05, 4.69) is 12.1 Å². The lowest BCUT2D eigenvalue weighted by atomic mass is 10.1. The summed E-state index contributed by atoms with van der Waals surface area (Å²) in [6.07, 6.45) is 0.345. The highest BCUT2D eigenvalue weighted by atomic mass is 16.5. The number of rotatable bonds is 4. The molecule has 1 aliphatic heterocycles. The van der Waals surface area contributed by atoms with Gasteiger partial charge in [0.1, 0.15) is 5.75 Å². The van der Waals surface area contributed by atoms with E-state index in [1.807, 2.05) is 24.1 Å². The lowest BCUT2D eigenvalue weighted by Crippen LogP contribution is -2.24. The summed E-state index contributed by atoms with van der Waals surface area (Å²) in [5.41, 5.74) is 3.70. The van der Waals surface area contributed by atoms with Crippen LogP contribution < -0.4 is 9.64 Å². The van der Waals surface area contributed by atoms with Crippen molar-refractivity contribution in [3.05, 3.63) is 59.2 Å². The van der Waals surface area contributed by atoms with Crippen LogP contribution >= 0.6 is 0 Å². The van der Waals surface area contributed by atoms with Crippen LogP contribution in [0.15, 0.2) is 42.5 Å². The van der Waals surface area contributed by atoms with Crippen molar-refractivity contribution >= 4 is 5.69 Å². The molecule has 0 bridgehead atoms. The summed E-state index contributed by atoms with van der Waals surface area (Å²) >= 11 is 0. The van der Waals surface area contributed by atoms with Gasteiger partial charge in [0.25, 0.3) is 0 Å². The number of aliphatic hydroxyl groups is 1. The van der Waals surface area contributed by atoms with Gasteiger partial charge in [-0.1, -0.05) is 12.1 Å². The van der Waals surface area contributed by atoms with E-state index in [1.54, 1.807) is 24.3 Å². The molecule has 0 saturated carbocycles. The highest BCUT2D eigenvalue weighted by Crippen LogP contribution is 2.29. The molecule has 0 aromatic heterocycles. The van der Waals surface area contributed by atoms with Crippen molar-refractivity contribution in [1.82, 2.24) is 0 Å². The standard InChI is InChI=1S/C18H18N2O2/c1-20(16-6-7-18-15(10-16)8-9-22-18)12-17(21)14-4-2-13(11-19)3-5-14/h2-7,10,17,21H,8-9,12H2,1H3. The molecule has 4 nitrogen and oxygen atoms in total. The van der Waals surface area contributed by atoms with Crippen LogP contribution in [0, 0.1) is 11.3 Å². The maximum atomic E-state index is 10.4. The molecule has 0 saturated heterocycles. The van der Waals surface area contributed by atoms with E-state index >= 15 is 0 Å². The van der Waals surface area contributed by atoms with Crippen LogP contribution in [0.25, 0.3) is 0 Å². The number of hydrogen-bond donors (Lipinski definition) is 1. The molecular formula is C18H18N2O2. The number of benzene rings is 2. The minimum absolute atomic E-state index is 0.492. The van der Waals surface area contributed by atoms with Gasteiger partial charge in [0.2, 0.25) is 0 Å². The first-order valence-corrected chi connectivity index (χ1v) is 7.32. The number of hydrogen-bond acceptors (Lipinski definition) is 4. The second-order valence-corrected chi connectivity index (χ2v) is 5.52. The molecule has 1 N–H and O–H groups in total. The van der Waals surface area contributed by atoms with Gasteiger partial charge >= 0.3 is 0 Å². The zero-order valence-corrected chi connectivity index (χ0v) is 12.5. The number of nitriles is 1. The average Bonchev–Trinajstić information content (AvgIpc) is 3.02. The van der Waals surface area contributed by atoms with Gasteiger partial charge in [-0.3, -0.25) is 0 Å². The maximum absolute atomic E-state index is 10.4. The van der Waals surface area contributed by atoms with Gasteiger partial charge in [0.15, 0.2) is 0 Å². The van der Waals surface area contributed by atoms with Gasteiger partial charge in [0, 0.05) is 25.7 Å². The normalized spacial score (nSPS) is 13.9. The Morgan fingerprint density at radius 2 is 2.05 bits per heavy atom. The lowest BCUT2D eigenvalue weighted by Gasteiger charge is -2.23. The number of aliphatic hydroxyl groups excluding tert-OH is 1. The van der Waals surface area contributed by atoms with Gasteiger partial charge in [-0.25, -0.2) is 0 Å². The predicted octanol–water partition coefficient (Wildman–Crippen LogP) is 2.66. The van der Waals surface area contributed by atoms with Crippen LogP contribution in [0.1, 0.15) is 22.8 Å². The number of nitrogens with zero attached hydrogens (tertiary/aromatic N) is 2. The molecule has 0 spiro atoms. The Morgan fingerprint density at radius 3 is 2.77 bits per heavy atom. The highest BCUT2D eigenvalue weighted by molar-refractivity contribution is 5.54. The monoisotopic (exact) mass is 294 g/mol. The van der Waals surface area contributed by atoms with Crippen LogP contribution in [-0.4, -0.2) is 25.3 Å². The number of anilines is 1. The Kier molecular flexibility index (Phi) is 3.99. The van der Waals surface area contributed by atoms with Crippen molar-refractivity contribution in [3.8, 4) is 11.8 Å². The van der Waals surface area contributed by atoms with Crippen LogP contribution in [0.4, 0.5) is 5.69 Å². The van der Waals surface area contributed by atoms with Crippen LogP contribution in [0.5, 0.6) is 5.75 Å². The first-order chi connectivity index (χ1) is 10.7. The second-order valence-electron chi connectivity index (χ2n) is 5.52. The van der Waals surface area contributed by atoms with Crippen molar-refractivity contribution < 1.29 is 9.84 Å². The molecular weight excluding hydrogens is 276 g/mol. The molecule has 2 aromatic rings. The Morgan fingerprint density at radius 1 is 1.27 bits per heavy atom. The first kappa shape index (κ1) is 14.4. The minimum Gasteiger partial charge on any atom is -0.493 e. The van der Waals surface area contributed by atoms with Crippen molar-refractivity contribution in [1.29, 1.82) is 5.26 Å². The quantitative estimate of drug-likeness (QED) is 0.942. The fourth-order valence-electron chi connectivity index (χ4n) is 2.66. The van der Waals surface area contributed by atoms with Gasteiger partial charge in [-0.15, -0.1) is 0 Å². The first-order valence-electron chi connectivity index (χ1n) is 7.32. The number of ether oxygens (including phenoxy) is 1. The van der Waals surface area contributed by atoms with Crippen LogP contribution in [-0.2, 0) is 6.42 Å².